The number of aryl methyl sites for hydroxylation is 1. The average molecular weight is 335 g/mol. The number of carbonyl (C=O) groups is 1. The minimum Gasteiger partial charge on any atom is -0.349 e. The topological polar surface area (TPSA) is 29.1 Å². The number of hydrogen-bond acceptors (Lipinski definition) is 1. The minimum atomic E-state index is -0.0271. The summed E-state index contributed by atoms with van der Waals surface area (Å²) in [6, 6.07) is 5.83. The number of alkyl halides is 1. The maximum Gasteiger partial charge on any atom is 0.251 e. The summed E-state index contributed by atoms with van der Waals surface area (Å²) in [6.45, 7) is 3.89. The first kappa shape index (κ1) is 12.7. The lowest BCUT2D eigenvalue weighted by Gasteiger charge is -2.12. The van der Waals surface area contributed by atoms with Crippen molar-refractivity contribution >= 4 is 37.8 Å². The van der Waals surface area contributed by atoms with Crippen molar-refractivity contribution in [3.63, 3.8) is 0 Å². The van der Waals surface area contributed by atoms with E-state index in [4.69, 9.17) is 0 Å². The Morgan fingerprint density at radius 2 is 2.20 bits per heavy atom. The van der Waals surface area contributed by atoms with E-state index in [1.165, 1.54) is 0 Å². The second-order valence-corrected chi connectivity index (χ2v) is 5.05. The predicted molar refractivity (Wildman–Crippen MR) is 69.6 cm³/mol. The minimum absolute atomic E-state index is 0.0271. The number of rotatable bonds is 3. The molecule has 1 atom stereocenters. The Hall–Kier alpha value is -0.350. The molecule has 1 aromatic rings. The molecule has 0 saturated carbocycles. The van der Waals surface area contributed by atoms with E-state index in [-0.39, 0.29) is 11.9 Å². The van der Waals surface area contributed by atoms with Gasteiger partial charge in [0.05, 0.1) is 0 Å². The Labute approximate surface area is 107 Å². The third-order valence-corrected chi connectivity index (χ3v) is 3.52. The number of carbonyl (C=O) groups excluding carboxylic acids is 1. The molecular weight excluding hydrogens is 322 g/mol. The van der Waals surface area contributed by atoms with Gasteiger partial charge in [0.1, 0.15) is 0 Å². The fourth-order valence-corrected chi connectivity index (χ4v) is 1.70. The standard InChI is InChI=1S/C11H13Br2NO/c1-7-3-4-9(13)5-10(7)11(15)14-8(2)6-12/h3-5,8H,6H2,1-2H3,(H,14,15). The molecule has 0 aliphatic heterocycles. The first-order valence-corrected chi connectivity index (χ1v) is 6.59. The molecular formula is C11H13Br2NO. The van der Waals surface area contributed by atoms with E-state index in [2.05, 4.69) is 37.2 Å². The van der Waals surface area contributed by atoms with Gasteiger partial charge in [0, 0.05) is 21.4 Å². The zero-order chi connectivity index (χ0) is 11.4. The number of nitrogens with one attached hydrogen (secondary N) is 1. The van der Waals surface area contributed by atoms with Crippen molar-refractivity contribution in [2.45, 2.75) is 19.9 Å². The molecule has 0 aliphatic carbocycles. The highest BCUT2D eigenvalue weighted by molar-refractivity contribution is 9.10. The summed E-state index contributed by atoms with van der Waals surface area (Å²) in [5.74, 6) is -0.0271. The molecule has 0 aliphatic rings. The summed E-state index contributed by atoms with van der Waals surface area (Å²) in [5.41, 5.74) is 1.70. The summed E-state index contributed by atoms with van der Waals surface area (Å²) < 4.78 is 0.921. The van der Waals surface area contributed by atoms with Crippen molar-refractivity contribution in [3.05, 3.63) is 33.8 Å². The lowest BCUT2D eigenvalue weighted by Crippen LogP contribution is -2.33. The molecule has 1 N–H and O–H groups in total. The number of halogens is 2. The Balaban J connectivity index is 2.86. The Kier molecular flexibility index (Phi) is 4.80. The van der Waals surface area contributed by atoms with Crippen molar-refractivity contribution in [2.75, 3.05) is 5.33 Å². The molecule has 15 heavy (non-hydrogen) atoms. The summed E-state index contributed by atoms with van der Waals surface area (Å²) in [6.07, 6.45) is 0. The summed E-state index contributed by atoms with van der Waals surface area (Å²) in [4.78, 5) is 11.8. The van der Waals surface area contributed by atoms with Crippen LogP contribution < -0.4 is 5.32 Å². The SMILES string of the molecule is Cc1ccc(Br)cc1C(=O)NC(C)CBr. The van der Waals surface area contributed by atoms with Crippen LogP contribution in [0.4, 0.5) is 0 Å². The van der Waals surface area contributed by atoms with Gasteiger partial charge in [-0.05, 0) is 31.5 Å². The van der Waals surface area contributed by atoms with Crippen LogP contribution in [0.1, 0.15) is 22.8 Å². The molecule has 0 bridgehead atoms. The number of benzene rings is 1. The van der Waals surface area contributed by atoms with Crippen LogP contribution in [0.15, 0.2) is 22.7 Å². The Morgan fingerprint density at radius 1 is 1.53 bits per heavy atom. The Bertz CT molecular complexity index is 366. The van der Waals surface area contributed by atoms with E-state index >= 15 is 0 Å². The van der Waals surface area contributed by atoms with Crippen LogP contribution in [0.5, 0.6) is 0 Å². The van der Waals surface area contributed by atoms with Crippen LogP contribution in [-0.4, -0.2) is 17.3 Å². The van der Waals surface area contributed by atoms with Crippen LogP contribution in [0.2, 0.25) is 0 Å². The maximum atomic E-state index is 11.8. The van der Waals surface area contributed by atoms with Crippen LogP contribution in [0, 0.1) is 6.92 Å². The average Bonchev–Trinajstić information content (AvgIpc) is 2.21. The molecule has 0 fully saturated rings. The van der Waals surface area contributed by atoms with Crippen molar-refractivity contribution in [1.82, 2.24) is 5.32 Å². The first-order valence-electron chi connectivity index (χ1n) is 4.67. The lowest BCUT2D eigenvalue weighted by molar-refractivity contribution is 0.0943. The molecule has 0 radical (unpaired) electrons. The lowest BCUT2D eigenvalue weighted by atomic mass is 10.1. The van der Waals surface area contributed by atoms with E-state index in [9.17, 15) is 4.79 Å². The highest BCUT2D eigenvalue weighted by Gasteiger charge is 2.11. The second kappa shape index (κ2) is 5.66. The fraction of sp³-hybridized carbons (Fsp3) is 0.364. The van der Waals surface area contributed by atoms with Crippen molar-refractivity contribution in [1.29, 1.82) is 0 Å². The molecule has 4 heteroatoms. The molecule has 0 aromatic heterocycles. The summed E-state index contributed by atoms with van der Waals surface area (Å²) in [5, 5.41) is 3.66. The summed E-state index contributed by atoms with van der Waals surface area (Å²) >= 11 is 6.68. The molecule has 0 saturated heterocycles. The van der Waals surface area contributed by atoms with Crippen molar-refractivity contribution in [3.8, 4) is 0 Å². The van der Waals surface area contributed by atoms with E-state index in [0.717, 1.165) is 20.9 Å². The van der Waals surface area contributed by atoms with E-state index in [1.807, 2.05) is 32.0 Å². The van der Waals surface area contributed by atoms with Gasteiger partial charge in [0.2, 0.25) is 0 Å². The van der Waals surface area contributed by atoms with Crippen LogP contribution >= 0.6 is 31.9 Å². The van der Waals surface area contributed by atoms with Gasteiger partial charge in [-0.3, -0.25) is 4.79 Å². The molecule has 82 valence electrons. The second-order valence-electron chi connectivity index (χ2n) is 3.49. The number of hydrogen-bond donors (Lipinski definition) is 1. The van der Waals surface area contributed by atoms with Crippen molar-refractivity contribution < 1.29 is 4.79 Å². The summed E-state index contributed by atoms with van der Waals surface area (Å²) in [7, 11) is 0. The molecule has 0 spiro atoms. The van der Waals surface area contributed by atoms with Crippen LogP contribution in [0.3, 0.4) is 0 Å². The molecule has 0 heterocycles. The fourth-order valence-electron chi connectivity index (χ4n) is 1.18. The number of amides is 1. The molecule has 1 amide bonds. The van der Waals surface area contributed by atoms with E-state index in [1.54, 1.807) is 0 Å². The smallest absolute Gasteiger partial charge is 0.251 e. The largest absolute Gasteiger partial charge is 0.349 e. The predicted octanol–water partition coefficient (Wildman–Crippen LogP) is 3.27. The highest BCUT2D eigenvalue weighted by Crippen LogP contribution is 2.16. The van der Waals surface area contributed by atoms with E-state index in [0.29, 0.717) is 0 Å². The quantitative estimate of drug-likeness (QED) is 0.844. The van der Waals surface area contributed by atoms with Crippen LogP contribution in [0.25, 0.3) is 0 Å². The third-order valence-electron chi connectivity index (χ3n) is 2.05. The van der Waals surface area contributed by atoms with Crippen molar-refractivity contribution in [2.24, 2.45) is 0 Å². The van der Waals surface area contributed by atoms with E-state index < -0.39 is 0 Å². The van der Waals surface area contributed by atoms with Gasteiger partial charge in [-0.25, -0.2) is 0 Å². The maximum absolute atomic E-state index is 11.8. The first-order chi connectivity index (χ1) is 7.04. The van der Waals surface area contributed by atoms with Gasteiger partial charge in [-0.15, -0.1) is 0 Å². The van der Waals surface area contributed by atoms with Gasteiger partial charge < -0.3 is 5.32 Å². The normalized spacial score (nSPS) is 12.3. The van der Waals surface area contributed by atoms with Gasteiger partial charge in [0.15, 0.2) is 0 Å². The molecule has 1 unspecified atom stereocenters. The molecule has 2 nitrogen and oxygen atoms in total. The Morgan fingerprint density at radius 3 is 2.80 bits per heavy atom. The zero-order valence-electron chi connectivity index (χ0n) is 8.68. The highest BCUT2D eigenvalue weighted by atomic mass is 79.9. The zero-order valence-corrected chi connectivity index (χ0v) is 11.9. The van der Waals surface area contributed by atoms with Gasteiger partial charge in [-0.1, -0.05) is 37.9 Å². The molecule has 1 rings (SSSR count). The van der Waals surface area contributed by atoms with Gasteiger partial charge in [-0.2, -0.15) is 0 Å². The third kappa shape index (κ3) is 3.61. The molecule has 1 aromatic carbocycles. The van der Waals surface area contributed by atoms with Gasteiger partial charge >= 0.3 is 0 Å². The van der Waals surface area contributed by atoms with Gasteiger partial charge in [0.25, 0.3) is 5.91 Å². The van der Waals surface area contributed by atoms with Crippen LogP contribution in [-0.2, 0) is 0 Å². The monoisotopic (exact) mass is 333 g/mol.